The van der Waals surface area contributed by atoms with Crippen LogP contribution in [0.3, 0.4) is 0 Å². The Morgan fingerprint density at radius 1 is 1.18 bits per heavy atom. The van der Waals surface area contributed by atoms with Gasteiger partial charge in [-0.15, -0.1) is 0 Å². The number of rotatable bonds is 8. The van der Waals surface area contributed by atoms with E-state index >= 15 is 0 Å². The molecule has 0 amide bonds. The Morgan fingerprint density at radius 2 is 1.94 bits per heavy atom. The highest BCUT2D eigenvalue weighted by Gasteiger charge is 2.00. The van der Waals surface area contributed by atoms with Crippen molar-refractivity contribution in [1.82, 2.24) is 4.98 Å². The van der Waals surface area contributed by atoms with Crippen molar-refractivity contribution in [3.63, 3.8) is 0 Å². The summed E-state index contributed by atoms with van der Waals surface area (Å²) >= 11 is 0. The smallest absolute Gasteiger partial charge is 0.213 e. The van der Waals surface area contributed by atoms with Gasteiger partial charge in [0.15, 0.2) is 0 Å². The van der Waals surface area contributed by atoms with E-state index < -0.39 is 0 Å². The van der Waals surface area contributed by atoms with Gasteiger partial charge in [-0.05, 0) is 12.5 Å². The third kappa shape index (κ3) is 5.12. The Hall–Kier alpha value is -1.17. The molecule has 0 aliphatic carbocycles. The molecular formula is C12H20N2O3. The van der Waals surface area contributed by atoms with E-state index in [4.69, 9.17) is 19.9 Å². The van der Waals surface area contributed by atoms with Gasteiger partial charge in [-0.1, -0.05) is 6.07 Å². The minimum atomic E-state index is 0.484. The molecule has 0 saturated heterocycles. The average molecular weight is 240 g/mol. The largest absolute Gasteiger partial charge is 0.475 e. The lowest BCUT2D eigenvalue weighted by Crippen LogP contribution is -2.11. The predicted octanol–water partition coefficient (Wildman–Crippen LogP) is 0.891. The summed E-state index contributed by atoms with van der Waals surface area (Å²) < 4.78 is 15.6. The van der Waals surface area contributed by atoms with Crippen molar-refractivity contribution >= 4 is 0 Å². The molecule has 5 nitrogen and oxygen atoms in total. The summed E-state index contributed by atoms with van der Waals surface area (Å²) in [5.41, 5.74) is 7.50. The lowest BCUT2D eigenvalue weighted by atomic mass is 10.2. The number of hydrogen-bond acceptors (Lipinski definition) is 5. The second kappa shape index (κ2) is 8.00. The van der Waals surface area contributed by atoms with Crippen LogP contribution in [0.2, 0.25) is 0 Å². The summed E-state index contributed by atoms with van der Waals surface area (Å²) in [5, 5.41) is 0. The van der Waals surface area contributed by atoms with Crippen molar-refractivity contribution in [3.05, 3.63) is 23.4 Å². The monoisotopic (exact) mass is 240 g/mol. The molecule has 0 aromatic carbocycles. The predicted molar refractivity (Wildman–Crippen MR) is 65.1 cm³/mol. The molecule has 1 heterocycles. The van der Waals surface area contributed by atoms with Gasteiger partial charge in [-0.3, -0.25) is 0 Å². The zero-order valence-electron chi connectivity index (χ0n) is 10.4. The molecule has 1 rings (SSSR count). The summed E-state index contributed by atoms with van der Waals surface area (Å²) in [6, 6.07) is 3.76. The van der Waals surface area contributed by atoms with Gasteiger partial charge in [0.25, 0.3) is 0 Å². The van der Waals surface area contributed by atoms with E-state index in [9.17, 15) is 0 Å². The molecule has 96 valence electrons. The van der Waals surface area contributed by atoms with Gasteiger partial charge >= 0.3 is 0 Å². The first-order valence-electron chi connectivity index (χ1n) is 5.64. The van der Waals surface area contributed by atoms with Gasteiger partial charge in [-0.25, -0.2) is 4.98 Å². The molecule has 0 unspecified atom stereocenters. The molecule has 2 N–H and O–H groups in total. The van der Waals surface area contributed by atoms with E-state index in [1.807, 2.05) is 19.1 Å². The quantitative estimate of drug-likeness (QED) is 0.684. The van der Waals surface area contributed by atoms with Gasteiger partial charge in [0, 0.05) is 25.4 Å². The third-order valence-corrected chi connectivity index (χ3v) is 2.30. The fourth-order valence-corrected chi connectivity index (χ4v) is 1.31. The number of ether oxygens (including phenoxy) is 3. The minimum absolute atomic E-state index is 0.484. The number of aryl methyl sites for hydroxylation is 1. The highest BCUT2D eigenvalue weighted by atomic mass is 16.5. The fraction of sp³-hybridized carbons (Fsp3) is 0.583. The third-order valence-electron chi connectivity index (χ3n) is 2.30. The fourth-order valence-electron chi connectivity index (χ4n) is 1.31. The maximum atomic E-state index is 5.56. The first-order chi connectivity index (χ1) is 8.27. The van der Waals surface area contributed by atoms with E-state index in [1.165, 1.54) is 0 Å². The van der Waals surface area contributed by atoms with Crippen LogP contribution in [-0.4, -0.2) is 38.5 Å². The lowest BCUT2D eigenvalue weighted by molar-refractivity contribution is 0.0536. The Balaban J connectivity index is 2.25. The van der Waals surface area contributed by atoms with Crippen LogP contribution in [0.1, 0.15) is 11.3 Å². The molecule has 0 aliphatic heterocycles. The number of methoxy groups -OCH3 is 1. The highest BCUT2D eigenvalue weighted by Crippen LogP contribution is 2.11. The molecule has 1 aromatic heterocycles. The van der Waals surface area contributed by atoms with Crippen molar-refractivity contribution in [2.24, 2.45) is 5.73 Å². The molecule has 0 spiro atoms. The van der Waals surface area contributed by atoms with Gasteiger partial charge in [0.05, 0.1) is 19.8 Å². The van der Waals surface area contributed by atoms with Crippen LogP contribution >= 0.6 is 0 Å². The van der Waals surface area contributed by atoms with E-state index in [-0.39, 0.29) is 0 Å². The first kappa shape index (κ1) is 13.9. The van der Waals surface area contributed by atoms with Crippen LogP contribution in [0.15, 0.2) is 12.1 Å². The Morgan fingerprint density at radius 3 is 2.59 bits per heavy atom. The van der Waals surface area contributed by atoms with Crippen molar-refractivity contribution in [3.8, 4) is 5.88 Å². The molecular weight excluding hydrogens is 220 g/mol. The van der Waals surface area contributed by atoms with E-state index in [0.29, 0.717) is 38.9 Å². The molecule has 1 aromatic rings. The lowest BCUT2D eigenvalue weighted by Gasteiger charge is -2.08. The SMILES string of the molecule is COCCOCCOc1ccc(CN)c(C)n1. The Kier molecular flexibility index (Phi) is 6.54. The van der Waals surface area contributed by atoms with Crippen LogP contribution in [0, 0.1) is 6.92 Å². The summed E-state index contributed by atoms with van der Waals surface area (Å²) in [6.45, 7) is 4.62. The number of hydrogen-bond donors (Lipinski definition) is 1. The highest BCUT2D eigenvalue weighted by molar-refractivity contribution is 5.24. The summed E-state index contributed by atoms with van der Waals surface area (Å²) in [4.78, 5) is 4.30. The topological polar surface area (TPSA) is 66.6 Å². The molecule has 0 radical (unpaired) electrons. The molecule has 17 heavy (non-hydrogen) atoms. The average Bonchev–Trinajstić information content (AvgIpc) is 2.34. The maximum absolute atomic E-state index is 5.56. The van der Waals surface area contributed by atoms with Crippen LogP contribution in [0.5, 0.6) is 5.88 Å². The molecule has 0 atom stereocenters. The summed E-state index contributed by atoms with van der Waals surface area (Å²) in [6.07, 6.45) is 0. The number of pyridine rings is 1. The molecule has 0 aliphatic rings. The van der Waals surface area contributed by atoms with Crippen molar-refractivity contribution < 1.29 is 14.2 Å². The standard InChI is InChI=1S/C12H20N2O3/c1-10-11(9-13)3-4-12(14-10)17-8-7-16-6-5-15-2/h3-4H,5-9,13H2,1-2H3. The second-order valence-corrected chi connectivity index (χ2v) is 3.55. The molecule has 5 heteroatoms. The van der Waals surface area contributed by atoms with Crippen molar-refractivity contribution in [1.29, 1.82) is 0 Å². The second-order valence-electron chi connectivity index (χ2n) is 3.55. The van der Waals surface area contributed by atoms with Crippen molar-refractivity contribution in [2.45, 2.75) is 13.5 Å². The summed E-state index contributed by atoms with van der Waals surface area (Å²) in [5.74, 6) is 0.607. The number of nitrogens with zero attached hydrogens (tertiary/aromatic N) is 1. The molecule has 0 saturated carbocycles. The summed E-state index contributed by atoms with van der Waals surface area (Å²) in [7, 11) is 1.64. The molecule has 0 fully saturated rings. The van der Waals surface area contributed by atoms with Gasteiger partial charge < -0.3 is 19.9 Å². The van der Waals surface area contributed by atoms with E-state index in [1.54, 1.807) is 7.11 Å². The zero-order chi connectivity index (χ0) is 12.5. The molecule has 0 bridgehead atoms. The minimum Gasteiger partial charge on any atom is -0.475 e. The first-order valence-corrected chi connectivity index (χ1v) is 5.64. The van der Waals surface area contributed by atoms with Crippen LogP contribution < -0.4 is 10.5 Å². The van der Waals surface area contributed by atoms with E-state index in [0.717, 1.165) is 11.3 Å². The van der Waals surface area contributed by atoms with E-state index in [2.05, 4.69) is 4.98 Å². The van der Waals surface area contributed by atoms with Gasteiger partial charge in [0.1, 0.15) is 6.61 Å². The number of nitrogens with two attached hydrogens (primary N) is 1. The van der Waals surface area contributed by atoms with Crippen LogP contribution in [0.25, 0.3) is 0 Å². The Labute approximate surface area is 102 Å². The maximum Gasteiger partial charge on any atom is 0.213 e. The van der Waals surface area contributed by atoms with Crippen molar-refractivity contribution in [2.75, 3.05) is 33.5 Å². The Bertz CT molecular complexity index is 332. The van der Waals surface area contributed by atoms with Crippen LogP contribution in [0.4, 0.5) is 0 Å². The number of aromatic nitrogens is 1. The van der Waals surface area contributed by atoms with Crippen LogP contribution in [-0.2, 0) is 16.0 Å². The van der Waals surface area contributed by atoms with Gasteiger partial charge in [0.2, 0.25) is 5.88 Å². The normalized spacial score (nSPS) is 10.5. The zero-order valence-corrected chi connectivity index (χ0v) is 10.4. The van der Waals surface area contributed by atoms with Gasteiger partial charge in [-0.2, -0.15) is 0 Å².